The molecule has 0 amide bonds. The van der Waals surface area contributed by atoms with Crippen LogP contribution in [0.4, 0.5) is 0 Å². The van der Waals surface area contributed by atoms with E-state index < -0.39 is 0 Å². The van der Waals surface area contributed by atoms with Gasteiger partial charge in [-0.2, -0.15) is 0 Å². The first kappa shape index (κ1) is 20.0. The summed E-state index contributed by atoms with van der Waals surface area (Å²) in [6.45, 7) is 2.66. The first-order chi connectivity index (χ1) is 13.6. The van der Waals surface area contributed by atoms with Crippen LogP contribution < -0.4 is 14.2 Å². The van der Waals surface area contributed by atoms with Crippen LogP contribution in [0.1, 0.15) is 6.04 Å². The van der Waals surface area contributed by atoms with E-state index in [-0.39, 0.29) is 18.6 Å². The molecule has 2 aromatic rings. The topological polar surface area (TPSA) is 95.3 Å². The molecule has 0 radical (unpaired) electrons. The SMILES string of the molecule is COc1cc2c(cc1-c1nccn1[C@H]1CN(C)C[C@@H]1OC)OCCO2.O=CO. The van der Waals surface area contributed by atoms with Crippen LogP contribution >= 0.6 is 0 Å². The van der Waals surface area contributed by atoms with Gasteiger partial charge in [0.1, 0.15) is 24.8 Å². The van der Waals surface area contributed by atoms with Crippen LogP contribution in [0.3, 0.4) is 0 Å². The van der Waals surface area contributed by atoms with Crippen molar-refractivity contribution in [3.05, 3.63) is 24.5 Å². The van der Waals surface area contributed by atoms with E-state index in [0.717, 1.165) is 36.0 Å². The lowest BCUT2D eigenvalue weighted by atomic mass is 10.1. The molecule has 0 spiro atoms. The maximum Gasteiger partial charge on any atom is 0.290 e. The van der Waals surface area contributed by atoms with E-state index in [1.54, 1.807) is 14.2 Å². The number of rotatable bonds is 4. The van der Waals surface area contributed by atoms with Gasteiger partial charge in [-0.15, -0.1) is 0 Å². The Bertz CT molecular complexity index is 809. The molecule has 28 heavy (non-hydrogen) atoms. The van der Waals surface area contributed by atoms with Crippen molar-refractivity contribution in [2.75, 3.05) is 47.6 Å². The number of aromatic nitrogens is 2. The van der Waals surface area contributed by atoms with Crippen molar-refractivity contribution in [2.45, 2.75) is 12.1 Å². The van der Waals surface area contributed by atoms with E-state index in [1.807, 2.05) is 24.5 Å². The molecule has 1 aromatic carbocycles. The second-order valence-corrected chi connectivity index (χ2v) is 6.52. The van der Waals surface area contributed by atoms with E-state index in [2.05, 4.69) is 21.5 Å². The number of likely N-dealkylation sites (N-methyl/N-ethyl adjacent to an activating group) is 1. The van der Waals surface area contributed by atoms with Gasteiger partial charge >= 0.3 is 0 Å². The number of hydrogen-bond donors (Lipinski definition) is 1. The molecule has 0 bridgehead atoms. The molecular weight excluding hydrogens is 366 g/mol. The highest BCUT2D eigenvalue weighted by atomic mass is 16.6. The lowest BCUT2D eigenvalue weighted by molar-refractivity contribution is -0.122. The number of likely N-dealkylation sites (tertiary alicyclic amines) is 1. The van der Waals surface area contributed by atoms with E-state index in [4.69, 9.17) is 28.8 Å². The maximum atomic E-state index is 8.36. The lowest BCUT2D eigenvalue weighted by Gasteiger charge is -2.23. The number of carbonyl (C=O) groups is 1. The number of nitrogens with zero attached hydrogens (tertiary/aromatic N) is 3. The molecule has 3 heterocycles. The number of carboxylic acid groups (broad SMARTS) is 1. The molecule has 9 heteroatoms. The maximum absolute atomic E-state index is 8.36. The van der Waals surface area contributed by atoms with Crippen LogP contribution in [0.5, 0.6) is 17.2 Å². The summed E-state index contributed by atoms with van der Waals surface area (Å²) in [5.74, 6) is 3.00. The van der Waals surface area contributed by atoms with Gasteiger partial charge in [0.05, 0.1) is 24.8 Å². The number of methoxy groups -OCH3 is 2. The van der Waals surface area contributed by atoms with Crippen molar-refractivity contribution in [1.82, 2.24) is 14.5 Å². The van der Waals surface area contributed by atoms with Crippen molar-refractivity contribution >= 4 is 6.47 Å². The minimum Gasteiger partial charge on any atom is -0.496 e. The average molecular weight is 391 g/mol. The highest BCUT2D eigenvalue weighted by Crippen LogP contribution is 2.42. The van der Waals surface area contributed by atoms with Crippen LogP contribution in [0.15, 0.2) is 24.5 Å². The zero-order valence-electron chi connectivity index (χ0n) is 16.2. The van der Waals surface area contributed by atoms with E-state index in [9.17, 15) is 0 Å². The molecule has 0 unspecified atom stereocenters. The molecular formula is C19H25N3O6. The number of benzene rings is 1. The van der Waals surface area contributed by atoms with Crippen molar-refractivity contribution in [3.8, 4) is 28.6 Å². The molecule has 1 N–H and O–H groups in total. The first-order valence-corrected chi connectivity index (χ1v) is 8.93. The van der Waals surface area contributed by atoms with Gasteiger partial charge < -0.3 is 33.5 Å². The lowest BCUT2D eigenvalue weighted by Crippen LogP contribution is -2.24. The highest BCUT2D eigenvalue weighted by Gasteiger charge is 2.34. The van der Waals surface area contributed by atoms with Gasteiger partial charge in [0.2, 0.25) is 0 Å². The summed E-state index contributed by atoms with van der Waals surface area (Å²) >= 11 is 0. The number of fused-ring (bicyclic) bond motifs is 1. The predicted octanol–water partition coefficient (Wildman–Crippen LogP) is 1.53. The first-order valence-electron chi connectivity index (χ1n) is 8.93. The Morgan fingerprint density at radius 1 is 1.21 bits per heavy atom. The quantitative estimate of drug-likeness (QED) is 0.784. The summed E-state index contributed by atoms with van der Waals surface area (Å²) in [5.41, 5.74) is 0.890. The van der Waals surface area contributed by atoms with E-state index >= 15 is 0 Å². The monoisotopic (exact) mass is 391 g/mol. The summed E-state index contributed by atoms with van der Waals surface area (Å²) in [6, 6.07) is 4.02. The fourth-order valence-electron chi connectivity index (χ4n) is 3.64. The third kappa shape index (κ3) is 3.90. The van der Waals surface area contributed by atoms with Crippen molar-refractivity contribution < 1.29 is 28.8 Å². The summed E-state index contributed by atoms with van der Waals surface area (Å²) < 4.78 is 24.9. The molecule has 0 saturated carbocycles. The fraction of sp³-hybridized carbons (Fsp3) is 0.474. The standard InChI is InChI=1S/C18H23N3O4.CH2O2/c1-20-10-13(17(11-20)23-3)21-5-4-19-18(21)12-8-15-16(9-14(12)22-2)25-7-6-24-15;2-1-3/h4-5,8-9,13,17H,6-7,10-11H2,1-3H3;1H,(H,2,3)/t13-,17-;/m0./s1. The van der Waals surface area contributed by atoms with Crippen LogP contribution in [0.25, 0.3) is 11.4 Å². The second-order valence-electron chi connectivity index (χ2n) is 6.52. The van der Waals surface area contributed by atoms with Crippen LogP contribution in [-0.2, 0) is 9.53 Å². The van der Waals surface area contributed by atoms with Gasteiger partial charge in [-0.1, -0.05) is 0 Å². The largest absolute Gasteiger partial charge is 0.496 e. The second kappa shape index (κ2) is 8.94. The number of ether oxygens (including phenoxy) is 4. The Kier molecular flexibility index (Phi) is 6.37. The van der Waals surface area contributed by atoms with E-state index in [1.165, 1.54) is 0 Å². The normalized spacial score (nSPS) is 21.0. The summed E-state index contributed by atoms with van der Waals surface area (Å²) in [5, 5.41) is 6.89. The van der Waals surface area contributed by atoms with Crippen molar-refractivity contribution in [2.24, 2.45) is 0 Å². The fourth-order valence-corrected chi connectivity index (χ4v) is 3.64. The number of hydrogen-bond acceptors (Lipinski definition) is 7. The molecule has 4 rings (SSSR count). The van der Waals surface area contributed by atoms with Gasteiger partial charge in [-0.3, -0.25) is 4.79 Å². The van der Waals surface area contributed by atoms with Crippen LogP contribution in [0, 0.1) is 0 Å². The molecule has 152 valence electrons. The highest BCUT2D eigenvalue weighted by molar-refractivity contribution is 5.70. The molecule has 2 aliphatic heterocycles. The molecule has 9 nitrogen and oxygen atoms in total. The third-order valence-corrected chi connectivity index (χ3v) is 4.85. The molecule has 2 aliphatic rings. The van der Waals surface area contributed by atoms with Crippen molar-refractivity contribution in [3.63, 3.8) is 0 Å². The number of imidazole rings is 1. The predicted molar refractivity (Wildman–Crippen MR) is 101 cm³/mol. The molecule has 2 atom stereocenters. The molecule has 1 fully saturated rings. The molecule has 0 aliphatic carbocycles. The Morgan fingerprint density at radius 2 is 1.89 bits per heavy atom. The summed E-state index contributed by atoms with van der Waals surface area (Å²) in [7, 11) is 5.52. The van der Waals surface area contributed by atoms with Gasteiger partial charge in [-0.05, 0) is 13.1 Å². The Hall–Kier alpha value is -2.78. The zero-order chi connectivity index (χ0) is 20.1. The third-order valence-electron chi connectivity index (χ3n) is 4.85. The van der Waals surface area contributed by atoms with Crippen molar-refractivity contribution in [1.29, 1.82) is 0 Å². The minimum absolute atomic E-state index is 0.126. The van der Waals surface area contributed by atoms with E-state index in [0.29, 0.717) is 19.0 Å². The average Bonchev–Trinajstić information content (AvgIpc) is 3.33. The Labute approximate surface area is 163 Å². The summed E-state index contributed by atoms with van der Waals surface area (Å²) in [4.78, 5) is 15.2. The molecule has 1 aromatic heterocycles. The van der Waals surface area contributed by atoms with Gasteiger partial charge in [0.15, 0.2) is 11.5 Å². The Morgan fingerprint density at radius 3 is 2.54 bits per heavy atom. The van der Waals surface area contributed by atoms with Gasteiger partial charge in [-0.25, -0.2) is 4.98 Å². The minimum atomic E-state index is -0.250. The zero-order valence-corrected chi connectivity index (χ0v) is 16.2. The summed E-state index contributed by atoms with van der Waals surface area (Å²) in [6.07, 6.45) is 3.94. The van der Waals surface area contributed by atoms with Crippen LogP contribution in [-0.4, -0.2) is 79.7 Å². The van der Waals surface area contributed by atoms with Crippen LogP contribution in [0.2, 0.25) is 0 Å². The van der Waals surface area contributed by atoms with Gasteiger partial charge in [0, 0.05) is 38.7 Å². The van der Waals surface area contributed by atoms with Gasteiger partial charge in [0.25, 0.3) is 6.47 Å². The molecule has 1 saturated heterocycles. The smallest absolute Gasteiger partial charge is 0.290 e. The Balaban J connectivity index is 0.000000706.